The lowest BCUT2D eigenvalue weighted by atomic mass is 10.2. The molecule has 0 unspecified atom stereocenters. The van der Waals surface area contributed by atoms with Crippen molar-refractivity contribution in [1.82, 2.24) is 0 Å². The highest BCUT2D eigenvalue weighted by atomic mass is 16.5. The summed E-state index contributed by atoms with van der Waals surface area (Å²) >= 11 is 0. The summed E-state index contributed by atoms with van der Waals surface area (Å²) in [6.07, 6.45) is 6.69. The molecule has 0 fully saturated rings. The van der Waals surface area contributed by atoms with Gasteiger partial charge in [-0.15, -0.1) is 0 Å². The Kier molecular flexibility index (Phi) is 4.73. The normalized spacial score (nSPS) is 10.8. The number of carbonyl (C=O) groups is 1. The number of rotatable bonds is 4. The van der Waals surface area contributed by atoms with E-state index in [1.165, 1.54) is 13.2 Å². The Morgan fingerprint density at radius 1 is 1.25 bits per heavy atom. The lowest BCUT2D eigenvalue weighted by Gasteiger charge is -1.93. The van der Waals surface area contributed by atoms with Gasteiger partial charge in [0.2, 0.25) is 0 Å². The summed E-state index contributed by atoms with van der Waals surface area (Å²) in [6, 6.07) is 9.77. The van der Waals surface area contributed by atoms with Crippen molar-refractivity contribution < 1.29 is 9.53 Å². The molecule has 0 heterocycles. The summed E-state index contributed by atoms with van der Waals surface area (Å²) in [5, 5.41) is 7.28. The number of hydrogen-bond donors (Lipinski definition) is 1. The second-order valence-corrected chi connectivity index (χ2v) is 3.03. The minimum absolute atomic E-state index is 0.166. The molecule has 0 radical (unpaired) electrons. The molecule has 0 atom stereocenters. The van der Waals surface area contributed by atoms with Crippen molar-refractivity contribution in [2.75, 3.05) is 7.11 Å². The maximum atomic E-state index is 10.9. The number of ether oxygens (including phenoxy) is 1. The molecule has 3 heteroatoms. The highest BCUT2D eigenvalue weighted by molar-refractivity contribution is 6.39. The number of esters is 1. The Morgan fingerprint density at radius 3 is 2.56 bits per heavy atom. The van der Waals surface area contributed by atoms with E-state index in [-0.39, 0.29) is 5.71 Å². The summed E-state index contributed by atoms with van der Waals surface area (Å²) in [6.45, 7) is 0. The van der Waals surface area contributed by atoms with Crippen LogP contribution in [0.1, 0.15) is 5.56 Å². The lowest BCUT2D eigenvalue weighted by Crippen LogP contribution is -2.11. The van der Waals surface area contributed by atoms with E-state index in [0.717, 1.165) is 5.56 Å². The Morgan fingerprint density at radius 2 is 1.94 bits per heavy atom. The van der Waals surface area contributed by atoms with E-state index in [9.17, 15) is 4.79 Å². The van der Waals surface area contributed by atoms with Crippen LogP contribution in [0.2, 0.25) is 0 Å². The number of allylic oxidation sites excluding steroid dienone is 2. The highest BCUT2D eigenvalue weighted by Crippen LogP contribution is 2.00. The van der Waals surface area contributed by atoms with Gasteiger partial charge in [0.25, 0.3) is 0 Å². The van der Waals surface area contributed by atoms with Crippen LogP contribution in [0.5, 0.6) is 0 Å². The molecule has 0 aliphatic heterocycles. The van der Waals surface area contributed by atoms with Gasteiger partial charge in [-0.3, -0.25) is 5.41 Å². The van der Waals surface area contributed by atoms with Crippen molar-refractivity contribution >= 4 is 17.8 Å². The molecule has 3 nitrogen and oxygen atoms in total. The van der Waals surface area contributed by atoms with E-state index in [1.54, 1.807) is 12.2 Å². The van der Waals surface area contributed by atoms with Gasteiger partial charge >= 0.3 is 5.97 Å². The molecule has 82 valence electrons. The first-order valence-electron chi connectivity index (χ1n) is 4.80. The zero-order chi connectivity index (χ0) is 11.8. The van der Waals surface area contributed by atoms with Crippen LogP contribution in [0.3, 0.4) is 0 Å². The molecule has 16 heavy (non-hydrogen) atoms. The average molecular weight is 215 g/mol. The highest BCUT2D eigenvalue weighted by Gasteiger charge is 2.02. The molecule has 1 rings (SSSR count). The third kappa shape index (κ3) is 3.92. The van der Waals surface area contributed by atoms with Crippen molar-refractivity contribution in [3.8, 4) is 0 Å². The fourth-order valence-corrected chi connectivity index (χ4v) is 1.06. The summed E-state index contributed by atoms with van der Waals surface area (Å²) in [5.74, 6) is -0.635. The minimum atomic E-state index is -0.635. The number of methoxy groups -OCH3 is 1. The van der Waals surface area contributed by atoms with E-state index in [0.29, 0.717) is 0 Å². The topological polar surface area (TPSA) is 50.2 Å². The Bertz CT molecular complexity index is 419. The molecular formula is C13H13NO2. The molecule has 0 spiro atoms. The van der Waals surface area contributed by atoms with E-state index in [4.69, 9.17) is 5.41 Å². The van der Waals surface area contributed by atoms with Gasteiger partial charge in [-0.05, 0) is 11.6 Å². The molecular weight excluding hydrogens is 202 g/mol. The molecule has 0 aromatic heterocycles. The summed E-state index contributed by atoms with van der Waals surface area (Å²) < 4.78 is 4.39. The van der Waals surface area contributed by atoms with E-state index >= 15 is 0 Å². The van der Waals surface area contributed by atoms with Gasteiger partial charge in [0.15, 0.2) is 0 Å². The number of carbonyl (C=O) groups excluding carboxylic acids is 1. The summed E-state index contributed by atoms with van der Waals surface area (Å²) in [5.41, 5.74) is 0.900. The van der Waals surface area contributed by atoms with Gasteiger partial charge in [0.05, 0.1) is 7.11 Å². The van der Waals surface area contributed by atoms with E-state index in [1.807, 2.05) is 36.4 Å². The smallest absolute Gasteiger partial charge is 0.355 e. The summed E-state index contributed by atoms with van der Waals surface area (Å²) in [4.78, 5) is 10.9. The van der Waals surface area contributed by atoms with Gasteiger partial charge in [-0.2, -0.15) is 0 Å². The van der Waals surface area contributed by atoms with Crippen molar-refractivity contribution in [3.63, 3.8) is 0 Å². The van der Waals surface area contributed by atoms with E-state index in [2.05, 4.69) is 4.74 Å². The van der Waals surface area contributed by atoms with Crippen molar-refractivity contribution in [2.45, 2.75) is 0 Å². The third-order valence-corrected chi connectivity index (χ3v) is 1.87. The van der Waals surface area contributed by atoms with Crippen LogP contribution in [0.25, 0.3) is 6.08 Å². The SMILES string of the molecule is COC(=O)C(=N)/C=C/C=C/c1ccccc1. The van der Waals surface area contributed by atoms with Crippen LogP contribution in [0.4, 0.5) is 0 Å². The first-order chi connectivity index (χ1) is 7.74. The quantitative estimate of drug-likeness (QED) is 0.476. The average Bonchev–Trinajstić information content (AvgIpc) is 2.34. The zero-order valence-corrected chi connectivity index (χ0v) is 9.01. The predicted octanol–water partition coefficient (Wildman–Crippen LogP) is 2.45. The molecule has 0 saturated carbocycles. The number of nitrogens with one attached hydrogen (secondary N) is 1. The van der Waals surface area contributed by atoms with Gasteiger partial charge in [0, 0.05) is 0 Å². The van der Waals surface area contributed by atoms with Crippen LogP contribution < -0.4 is 0 Å². The van der Waals surface area contributed by atoms with Crippen molar-refractivity contribution in [3.05, 3.63) is 54.1 Å². The Balaban J connectivity index is 2.52. The number of benzene rings is 1. The Labute approximate surface area is 94.6 Å². The van der Waals surface area contributed by atoms with Crippen molar-refractivity contribution in [2.24, 2.45) is 0 Å². The minimum Gasteiger partial charge on any atom is -0.464 e. The van der Waals surface area contributed by atoms with Crippen LogP contribution in [0.15, 0.2) is 48.6 Å². The third-order valence-electron chi connectivity index (χ3n) is 1.87. The fraction of sp³-hybridized carbons (Fsp3) is 0.0769. The maximum absolute atomic E-state index is 10.9. The molecule has 0 saturated heterocycles. The fourth-order valence-electron chi connectivity index (χ4n) is 1.06. The lowest BCUT2D eigenvalue weighted by molar-refractivity contribution is -0.132. The molecule has 1 aromatic rings. The zero-order valence-electron chi connectivity index (χ0n) is 9.01. The molecule has 0 aliphatic rings. The van der Waals surface area contributed by atoms with Crippen LogP contribution in [0, 0.1) is 5.41 Å². The molecule has 1 aromatic carbocycles. The molecule has 0 aliphatic carbocycles. The molecule has 1 N–H and O–H groups in total. The monoisotopic (exact) mass is 215 g/mol. The Hall–Kier alpha value is -2.16. The first kappa shape index (κ1) is 11.9. The van der Waals surface area contributed by atoms with Gasteiger partial charge in [-0.25, -0.2) is 4.79 Å². The molecule has 0 amide bonds. The first-order valence-corrected chi connectivity index (χ1v) is 4.80. The predicted molar refractivity (Wildman–Crippen MR) is 64.4 cm³/mol. The molecule has 0 bridgehead atoms. The van der Waals surface area contributed by atoms with Crippen LogP contribution >= 0.6 is 0 Å². The summed E-state index contributed by atoms with van der Waals surface area (Å²) in [7, 11) is 1.25. The maximum Gasteiger partial charge on any atom is 0.355 e. The van der Waals surface area contributed by atoms with Gasteiger partial charge < -0.3 is 4.74 Å². The second-order valence-electron chi connectivity index (χ2n) is 3.03. The van der Waals surface area contributed by atoms with E-state index < -0.39 is 5.97 Å². The van der Waals surface area contributed by atoms with Gasteiger partial charge in [-0.1, -0.05) is 48.6 Å². The van der Waals surface area contributed by atoms with Crippen LogP contribution in [-0.4, -0.2) is 18.8 Å². The standard InChI is InChI=1S/C13H13NO2/c1-16-13(15)12(14)10-6-5-9-11-7-3-2-4-8-11/h2-10,14H,1H3/b9-5+,10-6+,14-12?. The largest absolute Gasteiger partial charge is 0.464 e. The number of hydrogen-bond acceptors (Lipinski definition) is 3. The second kappa shape index (κ2) is 6.35. The van der Waals surface area contributed by atoms with Gasteiger partial charge in [0.1, 0.15) is 5.71 Å². The van der Waals surface area contributed by atoms with Crippen LogP contribution in [-0.2, 0) is 9.53 Å². The van der Waals surface area contributed by atoms with Crippen molar-refractivity contribution in [1.29, 1.82) is 5.41 Å².